The summed E-state index contributed by atoms with van der Waals surface area (Å²) >= 11 is 1.09. The van der Waals surface area contributed by atoms with Gasteiger partial charge >= 0.3 is 5.97 Å². The van der Waals surface area contributed by atoms with Crippen molar-refractivity contribution in [3.63, 3.8) is 0 Å². The Labute approximate surface area is 108 Å². The van der Waals surface area contributed by atoms with Crippen molar-refractivity contribution in [3.05, 3.63) is 18.0 Å². The first-order valence-electron chi connectivity index (χ1n) is 5.57. The van der Waals surface area contributed by atoms with E-state index in [2.05, 4.69) is 14.7 Å². The molecule has 1 aliphatic carbocycles. The minimum atomic E-state index is -0.937. The van der Waals surface area contributed by atoms with E-state index in [0.717, 1.165) is 11.5 Å². The summed E-state index contributed by atoms with van der Waals surface area (Å²) in [5, 5.41) is 12.1. The van der Waals surface area contributed by atoms with Gasteiger partial charge in [0.15, 0.2) is 0 Å². The summed E-state index contributed by atoms with van der Waals surface area (Å²) in [5.41, 5.74) is 0. The lowest BCUT2D eigenvalue weighted by atomic mass is 9.82. The molecule has 1 aromatic rings. The van der Waals surface area contributed by atoms with E-state index in [0.29, 0.717) is 23.8 Å². The Morgan fingerprint density at radius 1 is 1.39 bits per heavy atom. The predicted molar refractivity (Wildman–Crippen MR) is 66.3 cm³/mol. The zero-order chi connectivity index (χ0) is 13.1. The summed E-state index contributed by atoms with van der Waals surface area (Å²) in [7, 11) is 0. The van der Waals surface area contributed by atoms with Gasteiger partial charge in [-0.2, -0.15) is 4.37 Å². The van der Waals surface area contributed by atoms with Gasteiger partial charge in [-0.15, -0.1) is 0 Å². The Balaban J connectivity index is 2.07. The Morgan fingerprint density at radius 3 is 2.61 bits per heavy atom. The van der Waals surface area contributed by atoms with Crippen LogP contribution in [0.15, 0.2) is 12.2 Å². The van der Waals surface area contributed by atoms with E-state index in [-0.39, 0.29) is 5.91 Å². The molecular formula is C11H13N3O3S. The molecule has 2 rings (SSSR count). The predicted octanol–water partition coefficient (Wildman–Crippen LogP) is 1.45. The lowest BCUT2D eigenvalue weighted by Crippen LogP contribution is -2.34. The molecule has 1 aliphatic rings. The first-order valence-corrected chi connectivity index (χ1v) is 6.34. The van der Waals surface area contributed by atoms with E-state index in [1.54, 1.807) is 13.0 Å². The number of aryl methyl sites for hydroxylation is 1. The number of carbonyl (C=O) groups is 2. The minimum Gasteiger partial charge on any atom is -0.481 e. The SMILES string of the molecule is Cc1nsc(NC(=O)[C@@H]2CC=CC[C@@H]2C(=O)O)n1. The maximum absolute atomic E-state index is 12.0. The molecule has 0 aliphatic heterocycles. The van der Waals surface area contributed by atoms with Crippen molar-refractivity contribution in [3.8, 4) is 0 Å². The van der Waals surface area contributed by atoms with Crippen molar-refractivity contribution < 1.29 is 14.7 Å². The van der Waals surface area contributed by atoms with Crippen LogP contribution in [0.4, 0.5) is 5.13 Å². The van der Waals surface area contributed by atoms with Gasteiger partial charge in [0.1, 0.15) is 5.82 Å². The number of hydrogen-bond acceptors (Lipinski definition) is 5. The molecule has 0 bridgehead atoms. The quantitative estimate of drug-likeness (QED) is 0.809. The average Bonchev–Trinajstić information content (AvgIpc) is 2.74. The average molecular weight is 267 g/mol. The molecule has 96 valence electrons. The van der Waals surface area contributed by atoms with Crippen LogP contribution in [-0.4, -0.2) is 26.3 Å². The topological polar surface area (TPSA) is 92.2 Å². The van der Waals surface area contributed by atoms with Gasteiger partial charge in [-0.25, -0.2) is 4.98 Å². The molecule has 18 heavy (non-hydrogen) atoms. The molecule has 1 amide bonds. The van der Waals surface area contributed by atoms with Crippen molar-refractivity contribution in [1.82, 2.24) is 9.36 Å². The minimum absolute atomic E-state index is 0.303. The van der Waals surface area contributed by atoms with Gasteiger partial charge in [-0.1, -0.05) is 12.2 Å². The lowest BCUT2D eigenvalue weighted by molar-refractivity contribution is -0.146. The highest BCUT2D eigenvalue weighted by Gasteiger charge is 2.34. The second-order valence-corrected chi connectivity index (χ2v) is 4.88. The number of nitrogens with zero attached hydrogens (tertiary/aromatic N) is 2. The molecule has 0 fully saturated rings. The van der Waals surface area contributed by atoms with Crippen LogP contribution < -0.4 is 5.32 Å². The number of hydrogen-bond donors (Lipinski definition) is 2. The molecular weight excluding hydrogens is 254 g/mol. The fourth-order valence-corrected chi connectivity index (χ4v) is 2.50. The van der Waals surface area contributed by atoms with Gasteiger partial charge in [0.2, 0.25) is 11.0 Å². The molecule has 0 unspecified atom stereocenters. The number of carboxylic acid groups (broad SMARTS) is 1. The highest BCUT2D eigenvalue weighted by molar-refractivity contribution is 7.09. The number of anilines is 1. The lowest BCUT2D eigenvalue weighted by Gasteiger charge is -2.23. The van der Waals surface area contributed by atoms with Gasteiger partial charge in [0.05, 0.1) is 11.8 Å². The van der Waals surface area contributed by atoms with E-state index in [1.807, 2.05) is 6.08 Å². The fourth-order valence-electron chi connectivity index (χ4n) is 1.92. The third kappa shape index (κ3) is 2.73. The van der Waals surface area contributed by atoms with Crippen molar-refractivity contribution >= 4 is 28.5 Å². The van der Waals surface area contributed by atoms with Crippen molar-refractivity contribution in [2.24, 2.45) is 11.8 Å². The molecule has 1 heterocycles. The Bertz CT molecular complexity index is 497. The van der Waals surface area contributed by atoms with E-state index in [4.69, 9.17) is 5.11 Å². The number of carboxylic acids is 1. The van der Waals surface area contributed by atoms with Crippen LogP contribution in [0.3, 0.4) is 0 Å². The Morgan fingerprint density at radius 2 is 2.06 bits per heavy atom. The molecule has 0 aromatic carbocycles. The van der Waals surface area contributed by atoms with Crippen LogP contribution in [-0.2, 0) is 9.59 Å². The zero-order valence-corrected chi connectivity index (χ0v) is 10.6. The largest absolute Gasteiger partial charge is 0.481 e. The molecule has 6 nitrogen and oxygen atoms in total. The van der Waals surface area contributed by atoms with Crippen LogP contribution >= 0.6 is 11.5 Å². The number of aromatic nitrogens is 2. The van der Waals surface area contributed by atoms with Crippen LogP contribution in [0, 0.1) is 18.8 Å². The molecule has 0 saturated heterocycles. The van der Waals surface area contributed by atoms with E-state index < -0.39 is 17.8 Å². The third-order valence-electron chi connectivity index (χ3n) is 2.84. The van der Waals surface area contributed by atoms with E-state index in [9.17, 15) is 9.59 Å². The highest BCUT2D eigenvalue weighted by Crippen LogP contribution is 2.27. The summed E-state index contributed by atoms with van der Waals surface area (Å²) in [5.74, 6) is -1.86. The molecule has 0 spiro atoms. The van der Waals surface area contributed by atoms with Crippen molar-refractivity contribution in [2.75, 3.05) is 5.32 Å². The van der Waals surface area contributed by atoms with Crippen LogP contribution in [0.2, 0.25) is 0 Å². The third-order valence-corrected chi connectivity index (χ3v) is 3.57. The highest BCUT2D eigenvalue weighted by atomic mass is 32.1. The maximum atomic E-state index is 12.0. The summed E-state index contributed by atoms with van der Waals surface area (Å²) in [6.45, 7) is 1.73. The maximum Gasteiger partial charge on any atom is 0.307 e. The van der Waals surface area contributed by atoms with Gasteiger partial charge < -0.3 is 10.4 Å². The number of amides is 1. The standard InChI is InChI=1S/C11H13N3O3S/c1-6-12-11(18-14-6)13-9(15)7-4-2-3-5-8(7)10(16)17/h2-3,7-8H,4-5H2,1H3,(H,16,17)(H,12,13,14,15)/t7-,8+/m1/s1. The van der Waals surface area contributed by atoms with Crippen LogP contribution in [0.1, 0.15) is 18.7 Å². The van der Waals surface area contributed by atoms with Crippen LogP contribution in [0.25, 0.3) is 0 Å². The first-order chi connectivity index (χ1) is 8.58. The smallest absolute Gasteiger partial charge is 0.307 e. The molecule has 2 atom stereocenters. The molecule has 7 heteroatoms. The first kappa shape index (κ1) is 12.7. The Hall–Kier alpha value is -1.76. The summed E-state index contributed by atoms with van der Waals surface area (Å²) in [6, 6.07) is 0. The monoisotopic (exact) mass is 267 g/mol. The molecule has 0 radical (unpaired) electrons. The van der Waals surface area contributed by atoms with Crippen LogP contribution in [0.5, 0.6) is 0 Å². The Kier molecular flexibility index (Phi) is 3.71. The van der Waals surface area contributed by atoms with Crippen molar-refractivity contribution in [1.29, 1.82) is 0 Å². The van der Waals surface area contributed by atoms with E-state index in [1.165, 1.54) is 0 Å². The normalized spacial score (nSPS) is 22.7. The summed E-state index contributed by atoms with van der Waals surface area (Å²) < 4.78 is 3.95. The molecule has 2 N–H and O–H groups in total. The zero-order valence-electron chi connectivity index (χ0n) is 9.79. The van der Waals surface area contributed by atoms with E-state index >= 15 is 0 Å². The van der Waals surface area contributed by atoms with Gasteiger partial charge in [-0.05, 0) is 19.8 Å². The van der Waals surface area contributed by atoms with Gasteiger partial charge in [-0.3, -0.25) is 9.59 Å². The number of allylic oxidation sites excluding steroid dienone is 2. The second kappa shape index (κ2) is 5.26. The number of aliphatic carboxylic acids is 1. The molecule has 1 aromatic heterocycles. The molecule has 0 saturated carbocycles. The van der Waals surface area contributed by atoms with Gasteiger partial charge in [0.25, 0.3) is 0 Å². The number of rotatable bonds is 3. The summed E-state index contributed by atoms with van der Waals surface area (Å²) in [6.07, 6.45) is 4.48. The van der Waals surface area contributed by atoms with Crippen molar-refractivity contribution in [2.45, 2.75) is 19.8 Å². The summed E-state index contributed by atoms with van der Waals surface area (Å²) in [4.78, 5) is 27.1. The van der Waals surface area contributed by atoms with Gasteiger partial charge in [0, 0.05) is 11.5 Å². The number of carbonyl (C=O) groups excluding carboxylic acids is 1. The fraction of sp³-hybridized carbons (Fsp3) is 0.455. The second-order valence-electron chi connectivity index (χ2n) is 4.13. The number of nitrogens with one attached hydrogen (secondary N) is 1.